The molecule has 0 saturated heterocycles. The Morgan fingerprint density at radius 3 is 2.55 bits per heavy atom. The fourth-order valence-corrected chi connectivity index (χ4v) is 2.58. The zero-order valence-electron chi connectivity index (χ0n) is 17.4. The number of hydrogen-bond donors (Lipinski definition) is 4. The van der Waals surface area contributed by atoms with Crippen molar-refractivity contribution in [3.05, 3.63) is 42.0 Å². The van der Waals surface area contributed by atoms with Crippen LogP contribution in [0.25, 0.3) is 0 Å². The number of carbonyl (C=O) groups excluding carboxylic acids is 1. The lowest BCUT2D eigenvalue weighted by Crippen LogP contribution is -2.38. The van der Waals surface area contributed by atoms with Crippen molar-refractivity contribution < 1.29 is 4.79 Å². The first-order valence-corrected chi connectivity index (χ1v) is 9.49. The largest absolute Gasteiger partial charge is 0.355 e. The van der Waals surface area contributed by atoms with Gasteiger partial charge < -0.3 is 25.8 Å². The maximum absolute atomic E-state index is 11.7. The number of urea groups is 1. The van der Waals surface area contributed by atoms with Gasteiger partial charge in [-0.15, -0.1) is 34.2 Å². The predicted octanol–water partition coefficient (Wildman–Crippen LogP) is 2.35. The molecule has 9 nitrogen and oxygen atoms in total. The number of guanidine groups is 1. The van der Waals surface area contributed by atoms with Crippen LogP contribution in [0.3, 0.4) is 0 Å². The number of halogens is 1. The molecule has 0 aliphatic heterocycles. The molecular weight excluding hydrogens is 483 g/mol. The van der Waals surface area contributed by atoms with Gasteiger partial charge in [0.25, 0.3) is 0 Å². The number of amides is 2. The summed E-state index contributed by atoms with van der Waals surface area (Å²) in [6.45, 7) is 8.03. The summed E-state index contributed by atoms with van der Waals surface area (Å²) in [6.07, 6.45) is 2.60. The summed E-state index contributed by atoms with van der Waals surface area (Å²) in [5, 5.41) is 20.2. The van der Waals surface area contributed by atoms with E-state index in [1.165, 1.54) is 0 Å². The smallest absolute Gasteiger partial charge is 0.319 e. The van der Waals surface area contributed by atoms with Crippen molar-refractivity contribution in [2.45, 2.75) is 46.3 Å². The Morgan fingerprint density at radius 2 is 1.93 bits per heavy atom. The van der Waals surface area contributed by atoms with Gasteiger partial charge in [-0.3, -0.25) is 4.99 Å². The molecule has 1 aromatic carbocycles. The minimum Gasteiger partial charge on any atom is -0.355 e. The molecule has 0 fully saturated rings. The van der Waals surface area contributed by atoms with Crippen molar-refractivity contribution in [2.24, 2.45) is 4.99 Å². The maximum Gasteiger partial charge on any atom is 0.319 e. The van der Waals surface area contributed by atoms with E-state index in [0.717, 1.165) is 42.5 Å². The van der Waals surface area contributed by atoms with Crippen molar-refractivity contribution in [3.63, 3.8) is 0 Å². The Balaban J connectivity index is 0.00000420. The number of anilines is 1. The number of carbonyl (C=O) groups is 1. The summed E-state index contributed by atoms with van der Waals surface area (Å²) >= 11 is 0. The summed E-state index contributed by atoms with van der Waals surface area (Å²) in [4.78, 5) is 16.0. The van der Waals surface area contributed by atoms with E-state index in [-0.39, 0.29) is 36.0 Å². The van der Waals surface area contributed by atoms with E-state index in [2.05, 4.69) is 43.4 Å². The van der Waals surface area contributed by atoms with Crippen LogP contribution in [0.2, 0.25) is 0 Å². The van der Waals surface area contributed by atoms with Crippen LogP contribution in [0.15, 0.2) is 35.6 Å². The van der Waals surface area contributed by atoms with Crippen LogP contribution in [-0.4, -0.2) is 46.4 Å². The Kier molecular flexibility index (Phi) is 11.0. The van der Waals surface area contributed by atoms with E-state index in [9.17, 15) is 4.79 Å². The minimum atomic E-state index is -0.204. The number of rotatable bonds is 8. The lowest BCUT2D eigenvalue weighted by molar-refractivity contribution is 0.250. The van der Waals surface area contributed by atoms with Gasteiger partial charge in [-0.05, 0) is 31.5 Å². The van der Waals surface area contributed by atoms with Crippen molar-refractivity contribution >= 4 is 41.7 Å². The second kappa shape index (κ2) is 13.0. The van der Waals surface area contributed by atoms with Crippen LogP contribution in [0, 0.1) is 0 Å². The summed E-state index contributed by atoms with van der Waals surface area (Å²) in [5.41, 5.74) is 1.84. The van der Waals surface area contributed by atoms with Gasteiger partial charge in [0.2, 0.25) is 0 Å². The second-order valence-corrected chi connectivity index (χ2v) is 6.60. The summed E-state index contributed by atoms with van der Waals surface area (Å²) in [6, 6.07) is 7.59. The number of aliphatic imine (C=N–C) groups is 1. The van der Waals surface area contributed by atoms with Gasteiger partial charge in [0.15, 0.2) is 5.96 Å². The Labute approximate surface area is 189 Å². The fraction of sp³-hybridized carbons (Fsp3) is 0.474. The molecule has 1 heterocycles. The monoisotopic (exact) mass is 514 g/mol. The van der Waals surface area contributed by atoms with E-state index >= 15 is 0 Å². The fourth-order valence-electron chi connectivity index (χ4n) is 2.58. The minimum absolute atomic E-state index is 0. The average molecular weight is 514 g/mol. The molecule has 0 aliphatic rings. The van der Waals surface area contributed by atoms with Crippen LogP contribution >= 0.6 is 24.0 Å². The number of nitrogens with zero attached hydrogens (tertiary/aromatic N) is 4. The molecule has 10 heteroatoms. The standard InChI is InChI=1S/C19H30N8O.HI/c1-5-17-26-23-13-27(17)11-10-21-18(20-4)22-12-15-6-8-16(9-7-15)25-19(28)24-14(2)3;/h6-9,13-14H,5,10-12H2,1-4H3,(H2,20,21,22)(H2,24,25,28);1H. The van der Waals surface area contributed by atoms with E-state index in [1.807, 2.05) is 42.7 Å². The van der Waals surface area contributed by atoms with Crippen LogP contribution in [-0.2, 0) is 19.5 Å². The predicted molar refractivity (Wildman–Crippen MR) is 127 cm³/mol. The number of aryl methyl sites for hydroxylation is 1. The van der Waals surface area contributed by atoms with Gasteiger partial charge in [-0.2, -0.15) is 0 Å². The highest BCUT2D eigenvalue weighted by Gasteiger charge is 2.04. The van der Waals surface area contributed by atoms with E-state index < -0.39 is 0 Å². The summed E-state index contributed by atoms with van der Waals surface area (Å²) in [5.74, 6) is 1.70. The van der Waals surface area contributed by atoms with Crippen molar-refractivity contribution in [2.75, 3.05) is 18.9 Å². The molecule has 0 radical (unpaired) electrons. The Bertz CT molecular complexity index is 773. The van der Waals surface area contributed by atoms with Crippen molar-refractivity contribution in [1.29, 1.82) is 0 Å². The van der Waals surface area contributed by atoms with Crippen LogP contribution in [0.1, 0.15) is 32.2 Å². The number of hydrogen-bond acceptors (Lipinski definition) is 4. The topological polar surface area (TPSA) is 108 Å². The average Bonchev–Trinajstić information content (AvgIpc) is 3.12. The van der Waals surface area contributed by atoms with E-state index in [0.29, 0.717) is 6.54 Å². The van der Waals surface area contributed by atoms with Gasteiger partial charge in [0.1, 0.15) is 12.2 Å². The molecule has 29 heavy (non-hydrogen) atoms. The molecule has 2 aromatic rings. The van der Waals surface area contributed by atoms with Gasteiger partial charge in [0, 0.05) is 44.8 Å². The highest BCUT2D eigenvalue weighted by atomic mass is 127. The molecule has 0 unspecified atom stereocenters. The van der Waals surface area contributed by atoms with Crippen LogP contribution in [0.4, 0.5) is 10.5 Å². The third kappa shape index (κ3) is 8.67. The number of nitrogens with one attached hydrogen (secondary N) is 4. The molecule has 0 saturated carbocycles. The van der Waals surface area contributed by atoms with Gasteiger partial charge in [0.05, 0.1) is 0 Å². The molecular formula is C19H31IN8O. The molecule has 0 aliphatic carbocycles. The van der Waals surface area contributed by atoms with Crippen molar-refractivity contribution in [3.8, 4) is 0 Å². The second-order valence-electron chi connectivity index (χ2n) is 6.60. The van der Waals surface area contributed by atoms with Gasteiger partial charge >= 0.3 is 6.03 Å². The Morgan fingerprint density at radius 1 is 1.21 bits per heavy atom. The first kappa shape index (κ1) is 24.7. The summed E-state index contributed by atoms with van der Waals surface area (Å²) in [7, 11) is 1.74. The van der Waals surface area contributed by atoms with Gasteiger partial charge in [-0.25, -0.2) is 4.79 Å². The molecule has 0 spiro atoms. The first-order valence-electron chi connectivity index (χ1n) is 9.49. The third-order valence-corrected chi connectivity index (χ3v) is 3.97. The van der Waals surface area contributed by atoms with Crippen LogP contribution < -0.4 is 21.3 Å². The quantitative estimate of drug-likeness (QED) is 0.246. The van der Waals surface area contributed by atoms with Crippen molar-refractivity contribution in [1.82, 2.24) is 30.7 Å². The highest BCUT2D eigenvalue weighted by Crippen LogP contribution is 2.09. The van der Waals surface area contributed by atoms with E-state index in [4.69, 9.17) is 0 Å². The van der Waals surface area contributed by atoms with Gasteiger partial charge in [-0.1, -0.05) is 19.1 Å². The lowest BCUT2D eigenvalue weighted by atomic mass is 10.2. The lowest BCUT2D eigenvalue weighted by Gasteiger charge is -2.13. The molecule has 0 bridgehead atoms. The SMILES string of the molecule is CCc1nncn1CCNC(=NC)NCc1ccc(NC(=O)NC(C)C)cc1.I. The number of aromatic nitrogens is 3. The zero-order chi connectivity index (χ0) is 20.4. The normalized spacial score (nSPS) is 11.0. The molecule has 0 atom stereocenters. The highest BCUT2D eigenvalue weighted by molar-refractivity contribution is 14.0. The zero-order valence-corrected chi connectivity index (χ0v) is 19.7. The molecule has 1 aromatic heterocycles. The summed E-state index contributed by atoms with van der Waals surface area (Å²) < 4.78 is 2.03. The molecule has 2 rings (SSSR count). The molecule has 2 amide bonds. The maximum atomic E-state index is 11.7. The Hall–Kier alpha value is -2.37. The third-order valence-electron chi connectivity index (χ3n) is 3.97. The molecule has 4 N–H and O–H groups in total. The van der Waals surface area contributed by atoms with Crippen LogP contribution in [0.5, 0.6) is 0 Å². The van der Waals surface area contributed by atoms with E-state index in [1.54, 1.807) is 13.4 Å². The number of benzene rings is 1. The molecule has 160 valence electrons. The first-order chi connectivity index (χ1) is 13.5.